The van der Waals surface area contributed by atoms with E-state index in [9.17, 15) is 9.59 Å². The third kappa shape index (κ3) is 9.55. The summed E-state index contributed by atoms with van der Waals surface area (Å²) in [5, 5.41) is 5.72. The smallest absolute Gasteiger partial charge is 0.272 e. The van der Waals surface area contributed by atoms with E-state index < -0.39 is 5.91 Å². The van der Waals surface area contributed by atoms with Crippen LogP contribution in [0.3, 0.4) is 0 Å². The Labute approximate surface area is 227 Å². The molecular weight excluding hydrogens is 472 g/mol. The highest BCUT2D eigenvalue weighted by Gasteiger charge is 2.15. The van der Waals surface area contributed by atoms with E-state index in [1.807, 2.05) is 67.6 Å². The molecule has 0 unspecified atom stereocenters. The summed E-state index contributed by atoms with van der Waals surface area (Å²) >= 11 is 0. The molecule has 5 heteroatoms. The molecule has 5 nitrogen and oxygen atoms in total. The van der Waals surface area contributed by atoms with Gasteiger partial charge < -0.3 is 15.4 Å². The topological polar surface area (TPSA) is 67.4 Å². The normalized spacial score (nSPS) is 11.2. The Morgan fingerprint density at radius 3 is 2.13 bits per heavy atom. The summed E-state index contributed by atoms with van der Waals surface area (Å²) in [5.41, 5.74) is 4.44. The summed E-state index contributed by atoms with van der Waals surface area (Å²) in [7, 11) is 0. The second-order valence-corrected chi connectivity index (χ2v) is 9.61. The monoisotopic (exact) mass is 512 g/mol. The van der Waals surface area contributed by atoms with Crippen LogP contribution in [0.15, 0.2) is 78.5 Å². The van der Waals surface area contributed by atoms with Gasteiger partial charge in [-0.2, -0.15) is 0 Å². The molecule has 0 aliphatic rings. The van der Waals surface area contributed by atoms with Crippen molar-refractivity contribution in [1.29, 1.82) is 0 Å². The number of anilines is 1. The molecular formula is C33H40N2O3. The van der Waals surface area contributed by atoms with Crippen molar-refractivity contribution >= 4 is 23.6 Å². The van der Waals surface area contributed by atoms with Crippen molar-refractivity contribution in [3.8, 4) is 5.75 Å². The van der Waals surface area contributed by atoms with Crippen molar-refractivity contribution < 1.29 is 14.3 Å². The molecule has 3 aromatic carbocycles. The van der Waals surface area contributed by atoms with Gasteiger partial charge in [0, 0.05) is 11.3 Å². The van der Waals surface area contributed by atoms with Crippen LogP contribution < -0.4 is 15.4 Å². The molecule has 0 saturated carbocycles. The first-order chi connectivity index (χ1) is 18.5. The predicted molar refractivity (Wildman–Crippen MR) is 156 cm³/mol. The van der Waals surface area contributed by atoms with Gasteiger partial charge in [0.05, 0.1) is 6.61 Å². The fourth-order valence-corrected chi connectivity index (χ4v) is 3.94. The minimum atomic E-state index is -0.397. The lowest BCUT2D eigenvalue weighted by Crippen LogP contribution is -2.30. The van der Waals surface area contributed by atoms with E-state index in [1.165, 1.54) is 18.4 Å². The minimum absolute atomic E-state index is 0.171. The third-order valence-electron chi connectivity index (χ3n) is 6.30. The van der Waals surface area contributed by atoms with Crippen molar-refractivity contribution in [3.63, 3.8) is 0 Å². The lowest BCUT2D eigenvalue weighted by molar-refractivity contribution is -0.113. The van der Waals surface area contributed by atoms with Crippen LogP contribution in [-0.2, 0) is 11.2 Å². The first kappa shape index (κ1) is 28.7. The summed E-state index contributed by atoms with van der Waals surface area (Å²) in [6.07, 6.45) is 9.52. The van der Waals surface area contributed by atoms with Gasteiger partial charge in [-0.1, -0.05) is 81.5 Å². The maximum Gasteiger partial charge on any atom is 0.272 e. The highest BCUT2D eigenvalue weighted by molar-refractivity contribution is 6.10. The number of benzene rings is 3. The Hall–Kier alpha value is -3.86. The number of carbonyl (C=O) groups excluding carboxylic acids is 2. The number of nitrogens with one attached hydrogen (secondary N) is 2. The molecule has 38 heavy (non-hydrogen) atoms. The van der Waals surface area contributed by atoms with Crippen molar-refractivity contribution in [2.45, 2.75) is 65.7 Å². The van der Waals surface area contributed by atoms with Crippen LogP contribution in [0.4, 0.5) is 5.69 Å². The molecule has 0 aromatic heterocycles. The molecule has 200 valence electrons. The highest BCUT2D eigenvalue weighted by atomic mass is 16.5. The number of hydrogen-bond donors (Lipinski definition) is 2. The quantitative estimate of drug-likeness (QED) is 0.172. The van der Waals surface area contributed by atoms with Gasteiger partial charge in [0.1, 0.15) is 11.4 Å². The molecule has 2 amide bonds. The molecule has 3 rings (SSSR count). The largest absolute Gasteiger partial charge is 0.494 e. The van der Waals surface area contributed by atoms with Crippen LogP contribution in [0.25, 0.3) is 6.08 Å². The zero-order chi connectivity index (χ0) is 27.2. The second-order valence-electron chi connectivity index (χ2n) is 9.61. The zero-order valence-electron chi connectivity index (χ0n) is 22.9. The number of rotatable bonds is 14. The van der Waals surface area contributed by atoms with E-state index in [0.29, 0.717) is 17.9 Å². The highest BCUT2D eigenvalue weighted by Crippen LogP contribution is 2.18. The molecule has 0 saturated heterocycles. The van der Waals surface area contributed by atoms with Gasteiger partial charge in [0.15, 0.2) is 0 Å². The summed E-state index contributed by atoms with van der Waals surface area (Å²) in [6.45, 7) is 7.03. The number of amides is 2. The molecule has 0 aliphatic heterocycles. The second kappa shape index (κ2) is 15.4. The molecule has 2 N–H and O–H groups in total. The standard InChI is InChI=1S/C33H40N2O3/c1-4-6-8-9-23-38-30-21-19-29(20-22-30)34-33(37)31(24-27-13-11-25(3)12-14-27)35-32(36)28-17-15-26(16-18-28)10-7-5-2/h11-22,24H,4-10,23H2,1-3H3,(H,34,37)(H,35,36). The SMILES string of the molecule is CCCCCCOc1ccc(NC(=O)C(=Cc2ccc(C)cc2)NC(=O)c2ccc(CCCC)cc2)cc1. The molecule has 0 spiro atoms. The molecule has 0 atom stereocenters. The number of ether oxygens (including phenoxy) is 1. The number of carbonyl (C=O) groups is 2. The molecule has 3 aromatic rings. The zero-order valence-corrected chi connectivity index (χ0v) is 22.9. The summed E-state index contributed by atoms with van der Waals surface area (Å²) in [4.78, 5) is 26.3. The Morgan fingerprint density at radius 2 is 1.47 bits per heavy atom. The molecule has 0 aliphatic carbocycles. The van der Waals surface area contributed by atoms with Gasteiger partial charge in [-0.25, -0.2) is 0 Å². The van der Waals surface area contributed by atoms with E-state index in [1.54, 1.807) is 18.2 Å². The van der Waals surface area contributed by atoms with Crippen LogP contribution in [0.1, 0.15) is 79.4 Å². The number of aryl methyl sites for hydroxylation is 2. The van der Waals surface area contributed by atoms with E-state index in [-0.39, 0.29) is 11.6 Å². The van der Waals surface area contributed by atoms with Crippen LogP contribution in [0, 0.1) is 6.92 Å². The summed E-state index contributed by atoms with van der Waals surface area (Å²) in [5.74, 6) is 0.0460. The van der Waals surface area contributed by atoms with Crippen molar-refractivity contribution in [3.05, 3.63) is 101 Å². The Balaban J connectivity index is 1.70. The Bertz CT molecular complexity index is 1180. The summed E-state index contributed by atoms with van der Waals surface area (Å²) < 4.78 is 5.80. The van der Waals surface area contributed by atoms with Crippen LogP contribution >= 0.6 is 0 Å². The van der Waals surface area contributed by atoms with Crippen molar-refractivity contribution in [2.24, 2.45) is 0 Å². The van der Waals surface area contributed by atoms with Gasteiger partial charge in [-0.05, 0) is 79.8 Å². The maximum atomic E-state index is 13.3. The fraction of sp³-hybridized carbons (Fsp3) is 0.333. The van der Waals surface area contributed by atoms with Gasteiger partial charge in [-0.3, -0.25) is 9.59 Å². The van der Waals surface area contributed by atoms with E-state index in [4.69, 9.17) is 4.74 Å². The molecule has 0 radical (unpaired) electrons. The maximum absolute atomic E-state index is 13.3. The first-order valence-electron chi connectivity index (χ1n) is 13.7. The number of unbranched alkanes of at least 4 members (excludes halogenated alkanes) is 4. The minimum Gasteiger partial charge on any atom is -0.494 e. The van der Waals surface area contributed by atoms with Crippen LogP contribution in [0.2, 0.25) is 0 Å². The average molecular weight is 513 g/mol. The number of hydrogen-bond acceptors (Lipinski definition) is 3. The van der Waals surface area contributed by atoms with Crippen LogP contribution in [-0.4, -0.2) is 18.4 Å². The predicted octanol–water partition coefficient (Wildman–Crippen LogP) is 7.71. The van der Waals surface area contributed by atoms with Crippen molar-refractivity contribution in [2.75, 3.05) is 11.9 Å². The van der Waals surface area contributed by atoms with E-state index in [2.05, 4.69) is 24.5 Å². The van der Waals surface area contributed by atoms with Gasteiger partial charge in [0.2, 0.25) is 0 Å². The molecule has 0 heterocycles. The van der Waals surface area contributed by atoms with Crippen molar-refractivity contribution in [1.82, 2.24) is 5.32 Å². The lowest BCUT2D eigenvalue weighted by Gasteiger charge is -2.12. The Morgan fingerprint density at radius 1 is 0.789 bits per heavy atom. The van der Waals surface area contributed by atoms with E-state index in [0.717, 1.165) is 49.0 Å². The van der Waals surface area contributed by atoms with E-state index >= 15 is 0 Å². The first-order valence-corrected chi connectivity index (χ1v) is 13.7. The molecule has 0 bridgehead atoms. The Kier molecular flexibility index (Phi) is 11.6. The fourth-order valence-electron chi connectivity index (χ4n) is 3.94. The van der Waals surface area contributed by atoms with Crippen LogP contribution in [0.5, 0.6) is 5.75 Å². The van der Waals surface area contributed by atoms with Gasteiger partial charge in [-0.15, -0.1) is 0 Å². The molecule has 0 fully saturated rings. The van der Waals surface area contributed by atoms with Gasteiger partial charge >= 0.3 is 0 Å². The average Bonchev–Trinajstić information content (AvgIpc) is 2.93. The van der Waals surface area contributed by atoms with Gasteiger partial charge in [0.25, 0.3) is 11.8 Å². The summed E-state index contributed by atoms with van der Waals surface area (Å²) in [6, 6.07) is 22.6. The lowest BCUT2D eigenvalue weighted by atomic mass is 10.1. The third-order valence-corrected chi connectivity index (χ3v) is 6.30.